The second kappa shape index (κ2) is 9.23. The van der Waals surface area contributed by atoms with Gasteiger partial charge in [-0.3, -0.25) is 0 Å². The van der Waals surface area contributed by atoms with Crippen molar-refractivity contribution in [3.05, 3.63) is 39.6 Å². The minimum Gasteiger partial charge on any atom is -0.141 e. The molecule has 17 heavy (non-hydrogen) atoms. The largest absolute Gasteiger partial charge is 0.141 e. The lowest BCUT2D eigenvalue weighted by molar-refractivity contribution is 0.966. The molecule has 96 valence electrons. The quantitative estimate of drug-likeness (QED) is 0.554. The molecular formula is C16H26S. The fourth-order valence-corrected chi connectivity index (χ4v) is 2.49. The molecule has 1 aliphatic rings. The van der Waals surface area contributed by atoms with Crippen LogP contribution in [0.4, 0.5) is 0 Å². The van der Waals surface area contributed by atoms with E-state index < -0.39 is 0 Å². The van der Waals surface area contributed by atoms with E-state index in [0.29, 0.717) is 0 Å². The molecule has 0 atom stereocenters. The summed E-state index contributed by atoms with van der Waals surface area (Å²) in [4.78, 5) is 2.81. The third-order valence-corrected chi connectivity index (χ3v) is 3.38. The molecule has 0 amide bonds. The number of aryl methyl sites for hydroxylation is 1. The average Bonchev–Trinajstić information content (AvgIpc) is 2.81. The highest BCUT2D eigenvalue weighted by atomic mass is 32.1. The Balaban J connectivity index is 0.000000581. The molecular weight excluding hydrogens is 224 g/mol. The molecule has 0 spiro atoms. The third-order valence-electron chi connectivity index (χ3n) is 2.33. The van der Waals surface area contributed by atoms with Crippen molar-refractivity contribution in [1.82, 2.24) is 0 Å². The summed E-state index contributed by atoms with van der Waals surface area (Å²) in [6, 6.07) is 4.42. The number of allylic oxidation sites excluding steroid dienone is 4. The van der Waals surface area contributed by atoms with E-state index in [4.69, 9.17) is 0 Å². The van der Waals surface area contributed by atoms with Gasteiger partial charge in [0.1, 0.15) is 0 Å². The molecule has 0 nitrogen and oxygen atoms in total. The summed E-state index contributed by atoms with van der Waals surface area (Å²) in [5, 5.41) is 0. The first kappa shape index (κ1) is 16.2. The zero-order valence-corrected chi connectivity index (χ0v) is 12.9. The smallest absolute Gasteiger partial charge is 0.0342 e. The van der Waals surface area contributed by atoms with Gasteiger partial charge in [0, 0.05) is 9.75 Å². The van der Waals surface area contributed by atoms with Gasteiger partial charge < -0.3 is 0 Å². The summed E-state index contributed by atoms with van der Waals surface area (Å²) in [6.45, 7) is 12.4. The van der Waals surface area contributed by atoms with Crippen molar-refractivity contribution in [3.8, 4) is 0 Å². The number of hydrogen-bond donors (Lipinski definition) is 0. The maximum absolute atomic E-state index is 2.35. The fraction of sp³-hybridized carbons (Fsp3) is 0.500. The van der Waals surface area contributed by atoms with Gasteiger partial charge in [0.25, 0.3) is 0 Å². The van der Waals surface area contributed by atoms with Crippen LogP contribution >= 0.6 is 11.3 Å². The minimum atomic E-state index is 1.20. The molecule has 0 aromatic carbocycles. The van der Waals surface area contributed by atoms with Gasteiger partial charge in [-0.05, 0) is 44.4 Å². The molecule has 0 bridgehead atoms. The lowest BCUT2D eigenvalue weighted by atomic mass is 10.00. The molecule has 0 saturated carbocycles. The predicted molar refractivity (Wildman–Crippen MR) is 82.7 cm³/mol. The van der Waals surface area contributed by atoms with Crippen LogP contribution in [0.15, 0.2) is 29.9 Å². The first-order chi connectivity index (χ1) is 8.25. The van der Waals surface area contributed by atoms with Crippen LogP contribution < -0.4 is 0 Å². The Morgan fingerprint density at radius 1 is 1.00 bits per heavy atom. The van der Waals surface area contributed by atoms with Gasteiger partial charge >= 0.3 is 0 Å². The standard InChI is InChI=1S/C12H14S.2C2H6/c1-9-4-3-5-11(8-9)12-7-6-10(2)13-12;2*1-2/h5-8H,3-4H2,1-2H3;2*1-2H3. The zero-order valence-electron chi connectivity index (χ0n) is 12.1. The van der Waals surface area contributed by atoms with Gasteiger partial charge in [-0.25, -0.2) is 0 Å². The van der Waals surface area contributed by atoms with Gasteiger partial charge in [0.05, 0.1) is 0 Å². The highest BCUT2D eigenvalue weighted by Gasteiger charge is 2.05. The zero-order chi connectivity index (χ0) is 13.3. The number of thiophene rings is 1. The van der Waals surface area contributed by atoms with Crippen molar-refractivity contribution < 1.29 is 0 Å². The van der Waals surface area contributed by atoms with E-state index in [-0.39, 0.29) is 0 Å². The summed E-state index contributed by atoms with van der Waals surface area (Å²) in [6.07, 6.45) is 7.09. The van der Waals surface area contributed by atoms with Crippen molar-refractivity contribution in [1.29, 1.82) is 0 Å². The van der Waals surface area contributed by atoms with Crippen molar-refractivity contribution in [2.75, 3.05) is 0 Å². The fourth-order valence-electron chi connectivity index (χ4n) is 1.61. The van der Waals surface area contributed by atoms with E-state index in [9.17, 15) is 0 Å². The molecule has 2 rings (SSSR count). The summed E-state index contributed by atoms with van der Waals surface area (Å²) in [5.41, 5.74) is 2.92. The average molecular weight is 250 g/mol. The Morgan fingerprint density at radius 3 is 2.12 bits per heavy atom. The Morgan fingerprint density at radius 2 is 1.65 bits per heavy atom. The van der Waals surface area contributed by atoms with E-state index in [0.717, 1.165) is 0 Å². The van der Waals surface area contributed by atoms with Crippen LogP contribution in [-0.4, -0.2) is 0 Å². The van der Waals surface area contributed by atoms with Crippen molar-refractivity contribution in [2.45, 2.75) is 54.4 Å². The van der Waals surface area contributed by atoms with Crippen molar-refractivity contribution >= 4 is 16.9 Å². The van der Waals surface area contributed by atoms with Gasteiger partial charge in [-0.15, -0.1) is 11.3 Å². The first-order valence-electron chi connectivity index (χ1n) is 6.70. The minimum absolute atomic E-state index is 1.20. The maximum atomic E-state index is 2.35. The van der Waals surface area contributed by atoms with Gasteiger partial charge in [-0.2, -0.15) is 0 Å². The SMILES string of the molecule is CC.CC.CC1=CC(c2ccc(C)s2)=CCC1. The normalized spacial score (nSPS) is 13.5. The van der Waals surface area contributed by atoms with Crippen LogP contribution in [0, 0.1) is 6.92 Å². The highest BCUT2D eigenvalue weighted by Crippen LogP contribution is 2.29. The number of rotatable bonds is 1. The number of hydrogen-bond acceptors (Lipinski definition) is 1. The molecule has 0 radical (unpaired) electrons. The van der Waals surface area contributed by atoms with Crippen LogP contribution in [0.3, 0.4) is 0 Å². The van der Waals surface area contributed by atoms with Crippen LogP contribution in [-0.2, 0) is 0 Å². The molecule has 0 fully saturated rings. The predicted octanol–water partition coefficient (Wildman–Crippen LogP) is 6.23. The Hall–Kier alpha value is -0.820. The Bertz CT molecular complexity index is 367. The lowest BCUT2D eigenvalue weighted by Crippen LogP contribution is -1.86. The van der Waals surface area contributed by atoms with Crippen molar-refractivity contribution in [2.24, 2.45) is 0 Å². The summed E-state index contributed by atoms with van der Waals surface area (Å²) in [7, 11) is 0. The van der Waals surface area contributed by atoms with E-state index in [1.54, 1.807) is 0 Å². The molecule has 1 aromatic rings. The second-order valence-corrected chi connectivity index (χ2v) is 4.89. The van der Waals surface area contributed by atoms with Gasteiger partial charge in [0.2, 0.25) is 0 Å². The van der Waals surface area contributed by atoms with Crippen LogP contribution in [0.1, 0.15) is 57.2 Å². The third kappa shape index (κ3) is 5.36. The first-order valence-corrected chi connectivity index (χ1v) is 7.51. The summed E-state index contributed by atoms with van der Waals surface area (Å²) in [5.74, 6) is 0. The Labute approximate surface area is 111 Å². The molecule has 0 saturated heterocycles. The van der Waals surface area contributed by atoms with Crippen LogP contribution in [0.25, 0.3) is 5.57 Å². The summed E-state index contributed by atoms with van der Waals surface area (Å²) < 4.78 is 0. The Kier molecular flexibility index (Phi) is 8.79. The van der Waals surface area contributed by atoms with Crippen LogP contribution in [0.2, 0.25) is 0 Å². The molecule has 0 unspecified atom stereocenters. The van der Waals surface area contributed by atoms with E-state index in [1.807, 2.05) is 39.0 Å². The molecule has 0 N–H and O–H groups in total. The van der Waals surface area contributed by atoms with Gasteiger partial charge in [-0.1, -0.05) is 45.4 Å². The lowest BCUT2D eigenvalue weighted by Gasteiger charge is -2.08. The van der Waals surface area contributed by atoms with Crippen molar-refractivity contribution in [3.63, 3.8) is 0 Å². The molecule has 1 heteroatoms. The molecule has 1 heterocycles. The molecule has 1 aliphatic carbocycles. The maximum Gasteiger partial charge on any atom is 0.0342 e. The highest BCUT2D eigenvalue weighted by molar-refractivity contribution is 7.13. The van der Waals surface area contributed by atoms with E-state index in [2.05, 4.69) is 38.1 Å². The molecule has 0 aliphatic heterocycles. The van der Waals surface area contributed by atoms with Crippen LogP contribution in [0.5, 0.6) is 0 Å². The van der Waals surface area contributed by atoms with E-state index in [1.165, 1.54) is 33.7 Å². The second-order valence-electron chi connectivity index (χ2n) is 3.60. The topological polar surface area (TPSA) is 0 Å². The summed E-state index contributed by atoms with van der Waals surface area (Å²) >= 11 is 1.88. The monoisotopic (exact) mass is 250 g/mol. The van der Waals surface area contributed by atoms with E-state index >= 15 is 0 Å². The molecule has 1 aromatic heterocycles. The van der Waals surface area contributed by atoms with Gasteiger partial charge in [0.15, 0.2) is 0 Å².